The lowest BCUT2D eigenvalue weighted by Crippen LogP contribution is -2.24. The summed E-state index contributed by atoms with van der Waals surface area (Å²) in [7, 11) is 0. The highest BCUT2D eigenvalue weighted by Crippen LogP contribution is 2.29. The summed E-state index contributed by atoms with van der Waals surface area (Å²) in [5.41, 5.74) is 3.00. The number of hydrogen-bond acceptors (Lipinski definition) is 3. The smallest absolute Gasteiger partial charge is 0.264 e. The van der Waals surface area contributed by atoms with Crippen molar-refractivity contribution in [3.63, 3.8) is 0 Å². The van der Waals surface area contributed by atoms with E-state index in [0.29, 0.717) is 16.7 Å². The molecule has 90 valence electrons. The third-order valence-corrected chi connectivity index (χ3v) is 3.79. The first-order chi connectivity index (χ1) is 8.77. The van der Waals surface area contributed by atoms with Gasteiger partial charge >= 0.3 is 0 Å². The third kappa shape index (κ3) is 1.05. The van der Waals surface area contributed by atoms with E-state index in [-0.39, 0.29) is 5.56 Å². The van der Waals surface area contributed by atoms with Crippen molar-refractivity contribution in [1.29, 1.82) is 0 Å². The van der Waals surface area contributed by atoms with Crippen LogP contribution in [0, 0.1) is 6.92 Å². The average molecular weight is 240 g/mol. The van der Waals surface area contributed by atoms with Crippen LogP contribution in [0.4, 0.5) is 0 Å². The van der Waals surface area contributed by atoms with Gasteiger partial charge in [-0.05, 0) is 25.3 Å². The average Bonchev–Trinajstić information content (AvgIpc) is 2.78. The third-order valence-electron chi connectivity index (χ3n) is 3.79. The van der Waals surface area contributed by atoms with E-state index < -0.39 is 0 Å². The molecule has 4 nitrogen and oxygen atoms in total. The summed E-state index contributed by atoms with van der Waals surface area (Å²) in [4.78, 5) is 12.5. The lowest BCUT2D eigenvalue weighted by Gasteiger charge is -2.19. The lowest BCUT2D eigenvalue weighted by atomic mass is 10.00. The molecule has 0 bridgehead atoms. The molecule has 0 radical (unpaired) electrons. The summed E-state index contributed by atoms with van der Waals surface area (Å²) in [6.45, 7) is 2.58. The molecule has 0 saturated carbocycles. The maximum Gasteiger partial charge on any atom is 0.264 e. The van der Waals surface area contributed by atoms with Crippen LogP contribution in [-0.2, 0) is 13.0 Å². The fraction of sp³-hybridized carbons (Fsp3) is 0.286. The summed E-state index contributed by atoms with van der Waals surface area (Å²) < 4.78 is 7.08. The molecule has 4 heteroatoms. The van der Waals surface area contributed by atoms with Crippen LogP contribution in [0.25, 0.3) is 21.8 Å². The van der Waals surface area contributed by atoms with Crippen LogP contribution < -0.4 is 5.56 Å². The van der Waals surface area contributed by atoms with Crippen molar-refractivity contribution in [2.75, 3.05) is 0 Å². The molecule has 0 spiro atoms. The molecule has 1 aliphatic rings. The number of fused-ring (bicyclic) bond motifs is 2. The molecule has 0 atom stereocenters. The molecule has 18 heavy (non-hydrogen) atoms. The maximum atomic E-state index is 12.5. The SMILES string of the molecule is Cc1onc2c1c(=O)n1c3c(cccc23)CCC1. The van der Waals surface area contributed by atoms with Crippen molar-refractivity contribution in [1.82, 2.24) is 9.72 Å². The van der Waals surface area contributed by atoms with Crippen molar-refractivity contribution in [3.05, 3.63) is 39.9 Å². The Labute approximate surface area is 103 Å². The molecular formula is C14H12N2O2. The second-order valence-electron chi connectivity index (χ2n) is 4.84. The van der Waals surface area contributed by atoms with Crippen molar-refractivity contribution in [3.8, 4) is 0 Å². The van der Waals surface area contributed by atoms with Crippen LogP contribution in [0.1, 0.15) is 17.7 Å². The first-order valence-corrected chi connectivity index (χ1v) is 6.18. The molecule has 1 aliphatic heterocycles. The molecule has 0 aliphatic carbocycles. The van der Waals surface area contributed by atoms with Crippen molar-refractivity contribution in [2.24, 2.45) is 0 Å². The Morgan fingerprint density at radius 1 is 1.39 bits per heavy atom. The summed E-state index contributed by atoms with van der Waals surface area (Å²) in [6, 6.07) is 6.14. The summed E-state index contributed by atoms with van der Waals surface area (Å²) in [6.07, 6.45) is 2.04. The van der Waals surface area contributed by atoms with E-state index in [1.807, 2.05) is 16.7 Å². The van der Waals surface area contributed by atoms with Crippen LogP contribution in [0.2, 0.25) is 0 Å². The van der Waals surface area contributed by atoms with Gasteiger partial charge in [-0.2, -0.15) is 0 Å². The molecule has 0 saturated heterocycles. The van der Waals surface area contributed by atoms with Crippen LogP contribution in [0.3, 0.4) is 0 Å². The van der Waals surface area contributed by atoms with Crippen LogP contribution in [0.15, 0.2) is 27.5 Å². The van der Waals surface area contributed by atoms with Crippen molar-refractivity contribution in [2.45, 2.75) is 26.3 Å². The van der Waals surface area contributed by atoms with Gasteiger partial charge in [-0.3, -0.25) is 4.79 Å². The van der Waals surface area contributed by atoms with Gasteiger partial charge in [-0.15, -0.1) is 0 Å². The molecule has 3 aromatic rings. The minimum absolute atomic E-state index is 0.0309. The predicted molar refractivity (Wildman–Crippen MR) is 68.8 cm³/mol. The van der Waals surface area contributed by atoms with Gasteiger partial charge in [0.2, 0.25) is 0 Å². The topological polar surface area (TPSA) is 48.0 Å². The van der Waals surface area contributed by atoms with E-state index in [4.69, 9.17) is 4.52 Å². The molecule has 0 N–H and O–H groups in total. The van der Waals surface area contributed by atoms with E-state index >= 15 is 0 Å². The van der Waals surface area contributed by atoms with E-state index in [2.05, 4.69) is 11.2 Å². The van der Waals surface area contributed by atoms with Gasteiger partial charge in [0, 0.05) is 11.9 Å². The van der Waals surface area contributed by atoms with Gasteiger partial charge in [0.05, 0.1) is 5.52 Å². The Bertz CT molecular complexity index is 842. The number of hydrogen-bond donors (Lipinski definition) is 0. The zero-order valence-electron chi connectivity index (χ0n) is 10.1. The number of para-hydroxylation sites is 1. The van der Waals surface area contributed by atoms with E-state index in [0.717, 1.165) is 30.3 Å². The highest BCUT2D eigenvalue weighted by Gasteiger charge is 2.20. The van der Waals surface area contributed by atoms with Crippen LogP contribution in [0.5, 0.6) is 0 Å². The number of nitrogens with zero attached hydrogens (tertiary/aromatic N) is 2. The summed E-state index contributed by atoms with van der Waals surface area (Å²) in [5.74, 6) is 0.608. The second kappa shape index (κ2) is 3.22. The van der Waals surface area contributed by atoms with Gasteiger partial charge in [0.25, 0.3) is 5.56 Å². The number of pyridine rings is 1. The largest absolute Gasteiger partial charge is 0.360 e. The highest BCUT2D eigenvalue weighted by atomic mass is 16.5. The first kappa shape index (κ1) is 9.88. The van der Waals surface area contributed by atoms with E-state index in [1.165, 1.54) is 5.56 Å². The molecular weight excluding hydrogens is 228 g/mol. The molecule has 0 unspecified atom stereocenters. The normalized spacial score (nSPS) is 14.5. The van der Waals surface area contributed by atoms with Gasteiger partial charge in [-0.25, -0.2) is 0 Å². The second-order valence-corrected chi connectivity index (χ2v) is 4.84. The van der Waals surface area contributed by atoms with Crippen LogP contribution >= 0.6 is 0 Å². The number of benzene rings is 1. The van der Waals surface area contributed by atoms with Gasteiger partial charge < -0.3 is 9.09 Å². The molecule has 3 heterocycles. The number of aromatic nitrogens is 2. The standard InChI is InChI=1S/C14H12N2O2/c1-8-11-12(15-18-8)10-6-2-4-9-5-3-7-16(13(9)10)14(11)17/h2,4,6H,3,5,7H2,1H3. The minimum atomic E-state index is 0.0309. The Morgan fingerprint density at radius 2 is 2.28 bits per heavy atom. The van der Waals surface area contributed by atoms with Gasteiger partial charge in [0.15, 0.2) is 0 Å². The van der Waals surface area contributed by atoms with E-state index in [1.54, 1.807) is 6.92 Å². The molecule has 0 amide bonds. The van der Waals surface area contributed by atoms with Crippen molar-refractivity contribution < 1.29 is 4.52 Å². The Balaban J connectivity index is 2.40. The van der Waals surface area contributed by atoms with E-state index in [9.17, 15) is 4.79 Å². The predicted octanol–water partition coefficient (Wildman–Crippen LogP) is 2.40. The zero-order valence-corrected chi connectivity index (χ0v) is 10.1. The lowest BCUT2D eigenvalue weighted by molar-refractivity contribution is 0.406. The Hall–Kier alpha value is -2.10. The summed E-state index contributed by atoms with van der Waals surface area (Å²) >= 11 is 0. The van der Waals surface area contributed by atoms with Gasteiger partial charge in [-0.1, -0.05) is 23.4 Å². The summed E-state index contributed by atoms with van der Waals surface area (Å²) in [5, 5.41) is 5.71. The quantitative estimate of drug-likeness (QED) is 0.606. The monoisotopic (exact) mass is 240 g/mol. The molecule has 2 aromatic heterocycles. The molecule has 1 aromatic carbocycles. The molecule has 0 fully saturated rings. The molecule has 4 rings (SSSR count). The fourth-order valence-corrected chi connectivity index (χ4v) is 2.99. The van der Waals surface area contributed by atoms with Crippen molar-refractivity contribution >= 4 is 21.8 Å². The first-order valence-electron chi connectivity index (χ1n) is 6.18. The fourth-order valence-electron chi connectivity index (χ4n) is 2.99. The zero-order chi connectivity index (χ0) is 12.3. The number of rotatable bonds is 0. The highest BCUT2D eigenvalue weighted by molar-refractivity contribution is 6.04. The van der Waals surface area contributed by atoms with Crippen LogP contribution in [-0.4, -0.2) is 9.72 Å². The Morgan fingerprint density at radius 3 is 3.17 bits per heavy atom. The number of aryl methyl sites for hydroxylation is 3. The minimum Gasteiger partial charge on any atom is -0.360 e. The Kier molecular flexibility index (Phi) is 1.77. The maximum absolute atomic E-state index is 12.5. The van der Waals surface area contributed by atoms with Gasteiger partial charge in [0.1, 0.15) is 16.7 Å².